The van der Waals surface area contributed by atoms with Crippen LogP contribution >= 0.6 is 0 Å². The molecule has 0 aliphatic carbocycles. The van der Waals surface area contributed by atoms with Crippen molar-refractivity contribution in [2.75, 3.05) is 103 Å². The summed E-state index contributed by atoms with van der Waals surface area (Å²) >= 11 is 0. The molecule has 6 N–H and O–H groups in total. The van der Waals surface area contributed by atoms with Gasteiger partial charge in [0.2, 0.25) is 11.8 Å². The minimum atomic E-state index is -0.804. The number of methoxy groups -OCH3 is 6. The van der Waals surface area contributed by atoms with Gasteiger partial charge in [-0.25, -0.2) is 9.59 Å². The molecule has 21 nitrogen and oxygen atoms in total. The van der Waals surface area contributed by atoms with Crippen molar-refractivity contribution in [1.29, 1.82) is 0 Å². The van der Waals surface area contributed by atoms with Crippen LogP contribution in [0, 0.1) is 0 Å². The third-order valence-corrected chi connectivity index (χ3v) is 4.41. The van der Waals surface area contributed by atoms with E-state index in [4.69, 9.17) is 9.84 Å². The van der Waals surface area contributed by atoms with E-state index in [2.05, 4.69) is 55.0 Å². The second kappa shape index (κ2) is 47.5. The van der Waals surface area contributed by atoms with Crippen LogP contribution in [-0.4, -0.2) is 162 Å². The maximum atomic E-state index is 10.9. The minimum absolute atomic E-state index is 0.00463. The molecule has 0 saturated heterocycles. The number of carbonyl (C=O) groups excluding carboxylic acids is 8. The summed E-state index contributed by atoms with van der Waals surface area (Å²) in [6.07, 6.45) is -0.984. The number of Topliss-reactive ketones (excluding diaryl/α,β-unsaturated/α-hetero) is 1. The smallest absolute Gasteiger partial charge is 0.406 e. The first kappa shape index (κ1) is 58.6. The lowest BCUT2D eigenvalue weighted by atomic mass is 10.2. The monoisotopic (exact) mass is 747 g/mol. The standard InChI is InChI=1S/C9H16O5.C5H12N2O2.C5H11NO3.C5H9NO3.C3H7NO.C3H6O2/c1-7(10)3-4-9(12)14-6-8(11)5-13-2;1-6-5(8)7-3-4-9-2;1-8-4-3-6-5(7)9-2;1-4(7)6-3-5(8)9-2;1-3(5)4-2;1-3(4)5-2/h8,11H,3-6H2,1-2H3;3-4H2,1-2H3,(H2,6,7,8);3-4H2,1-2H3,(H,6,7);3H2,1-2H3,(H,6,7);1-2H3,(H,4,5);1-2H3. The molecule has 0 saturated carbocycles. The number of carbonyl (C=O) groups is 8. The van der Waals surface area contributed by atoms with E-state index in [-0.39, 0.29) is 62.2 Å². The van der Waals surface area contributed by atoms with Gasteiger partial charge in [0.25, 0.3) is 0 Å². The van der Waals surface area contributed by atoms with Crippen molar-refractivity contribution in [3.63, 3.8) is 0 Å². The van der Waals surface area contributed by atoms with E-state index in [0.29, 0.717) is 26.3 Å². The molecule has 1 unspecified atom stereocenters. The van der Waals surface area contributed by atoms with Gasteiger partial charge in [0.1, 0.15) is 25.0 Å². The van der Waals surface area contributed by atoms with Crippen molar-refractivity contribution in [2.45, 2.75) is 46.6 Å². The topological polar surface area (TPSA) is 282 Å². The van der Waals surface area contributed by atoms with E-state index in [1.807, 2.05) is 0 Å². The van der Waals surface area contributed by atoms with E-state index >= 15 is 0 Å². The Morgan fingerprint density at radius 2 is 1.08 bits per heavy atom. The first-order valence-electron chi connectivity index (χ1n) is 15.0. The van der Waals surface area contributed by atoms with Gasteiger partial charge in [0.15, 0.2) is 0 Å². The fraction of sp³-hybridized carbons (Fsp3) is 0.733. The molecule has 5 amide bonds. The highest BCUT2D eigenvalue weighted by Crippen LogP contribution is 1.95. The number of rotatable bonds is 15. The lowest BCUT2D eigenvalue weighted by Crippen LogP contribution is -2.34. The molecule has 0 fully saturated rings. The van der Waals surface area contributed by atoms with Gasteiger partial charge in [-0.1, -0.05) is 0 Å². The Hall–Kier alpha value is -4.60. The predicted octanol–water partition coefficient (Wildman–Crippen LogP) is -1.32. The summed E-state index contributed by atoms with van der Waals surface area (Å²) in [5.41, 5.74) is 0. The zero-order valence-electron chi connectivity index (χ0n) is 32.0. The lowest BCUT2D eigenvalue weighted by molar-refractivity contribution is -0.148. The average molecular weight is 748 g/mol. The molecule has 0 rings (SSSR count). The molecule has 0 aromatic rings. The molecule has 0 aliphatic heterocycles. The van der Waals surface area contributed by atoms with E-state index in [9.17, 15) is 38.4 Å². The summed E-state index contributed by atoms with van der Waals surface area (Å²) in [6, 6.07) is -0.174. The molecule has 0 aromatic heterocycles. The van der Waals surface area contributed by atoms with Crippen molar-refractivity contribution in [3.8, 4) is 0 Å². The van der Waals surface area contributed by atoms with Crippen LogP contribution in [0.5, 0.6) is 0 Å². The molecule has 0 heterocycles. The molecule has 51 heavy (non-hydrogen) atoms. The Kier molecular flexibility index (Phi) is 54.6. The predicted molar refractivity (Wildman–Crippen MR) is 184 cm³/mol. The van der Waals surface area contributed by atoms with Crippen LogP contribution in [0.2, 0.25) is 0 Å². The minimum Gasteiger partial charge on any atom is -0.469 e. The van der Waals surface area contributed by atoms with Crippen LogP contribution in [-0.2, 0) is 61.9 Å². The molecular weight excluding hydrogens is 686 g/mol. The van der Waals surface area contributed by atoms with Crippen LogP contribution in [0.3, 0.4) is 0 Å². The van der Waals surface area contributed by atoms with Crippen molar-refractivity contribution in [2.24, 2.45) is 0 Å². The number of alkyl carbamates (subject to hydrolysis) is 1. The normalized spacial score (nSPS) is 9.20. The summed E-state index contributed by atoms with van der Waals surface area (Å²) in [5, 5.41) is 21.2. The molecule has 21 heteroatoms. The zero-order chi connectivity index (χ0) is 41.0. The number of urea groups is 1. The summed E-state index contributed by atoms with van der Waals surface area (Å²) in [4.78, 5) is 81.9. The molecular formula is C30H61N5O16. The Morgan fingerprint density at radius 1 is 0.588 bits per heavy atom. The Labute approximate surface area is 300 Å². The van der Waals surface area contributed by atoms with E-state index in [1.165, 1.54) is 56.1 Å². The van der Waals surface area contributed by atoms with E-state index in [0.717, 1.165) is 0 Å². The second-order valence-electron chi connectivity index (χ2n) is 8.89. The molecule has 0 aromatic carbocycles. The number of hydrogen-bond donors (Lipinski definition) is 6. The third kappa shape index (κ3) is 76.7. The molecule has 1 atom stereocenters. The first-order valence-corrected chi connectivity index (χ1v) is 15.0. The van der Waals surface area contributed by atoms with Crippen LogP contribution in [0.15, 0.2) is 0 Å². The summed E-state index contributed by atoms with van der Waals surface area (Å²) < 4.78 is 31.3. The number of aliphatic hydroxyl groups is 1. The number of ketones is 1. The molecule has 302 valence electrons. The Balaban J connectivity index is -0.000000123. The van der Waals surface area contributed by atoms with Gasteiger partial charge in [-0.2, -0.15) is 0 Å². The van der Waals surface area contributed by atoms with Crippen molar-refractivity contribution in [3.05, 3.63) is 0 Å². The zero-order valence-corrected chi connectivity index (χ0v) is 32.0. The number of hydrogen-bond acceptors (Lipinski definition) is 16. The fourth-order valence-corrected chi connectivity index (χ4v) is 1.73. The van der Waals surface area contributed by atoms with Gasteiger partial charge in [0.05, 0.1) is 47.6 Å². The van der Waals surface area contributed by atoms with Gasteiger partial charge in [-0.3, -0.25) is 24.0 Å². The number of esters is 3. The Bertz CT molecular complexity index is 887. The highest BCUT2D eigenvalue weighted by Gasteiger charge is 2.09. The number of aliphatic hydroxyl groups excluding tert-OH is 1. The number of amides is 5. The van der Waals surface area contributed by atoms with Crippen molar-refractivity contribution >= 4 is 47.6 Å². The van der Waals surface area contributed by atoms with E-state index < -0.39 is 24.1 Å². The van der Waals surface area contributed by atoms with Gasteiger partial charge in [-0.05, 0) is 6.92 Å². The van der Waals surface area contributed by atoms with Crippen LogP contribution in [0.25, 0.3) is 0 Å². The van der Waals surface area contributed by atoms with Crippen LogP contribution in [0.1, 0.15) is 40.5 Å². The SMILES string of the molecule is CNC(=O)NCCOC.CNC(C)=O.COC(=O)CNC(C)=O.COC(C)=O.COCC(O)COC(=O)CCC(C)=O.COCCNC(=O)OC. The van der Waals surface area contributed by atoms with Crippen LogP contribution in [0.4, 0.5) is 9.59 Å². The highest BCUT2D eigenvalue weighted by molar-refractivity contribution is 5.81. The van der Waals surface area contributed by atoms with Gasteiger partial charge in [-0.15, -0.1) is 0 Å². The number of nitrogens with one attached hydrogen (secondary N) is 5. The van der Waals surface area contributed by atoms with Gasteiger partial charge in [0, 0.05) is 75.7 Å². The average Bonchev–Trinajstić information content (AvgIpc) is 3.10. The molecule has 0 spiro atoms. The molecule has 0 bridgehead atoms. The fourth-order valence-electron chi connectivity index (χ4n) is 1.73. The van der Waals surface area contributed by atoms with Gasteiger partial charge < -0.3 is 69.6 Å². The summed E-state index contributed by atoms with van der Waals surface area (Å²) in [6.45, 7) is 7.66. The van der Waals surface area contributed by atoms with Crippen LogP contribution < -0.4 is 26.6 Å². The summed E-state index contributed by atoms with van der Waals surface area (Å²) in [5.74, 6) is -1.45. The number of ether oxygens (including phenoxy) is 7. The van der Waals surface area contributed by atoms with Gasteiger partial charge >= 0.3 is 30.0 Å². The maximum absolute atomic E-state index is 10.9. The van der Waals surface area contributed by atoms with Crippen molar-refractivity contribution < 1.29 is 76.6 Å². The quantitative estimate of drug-likeness (QED) is 0.0644. The largest absolute Gasteiger partial charge is 0.469 e. The van der Waals surface area contributed by atoms with E-state index in [1.54, 1.807) is 28.3 Å². The Morgan fingerprint density at radius 3 is 1.41 bits per heavy atom. The molecule has 0 radical (unpaired) electrons. The second-order valence-corrected chi connectivity index (χ2v) is 8.89. The van der Waals surface area contributed by atoms with Crippen molar-refractivity contribution in [1.82, 2.24) is 26.6 Å². The first-order chi connectivity index (χ1) is 23.9. The molecule has 0 aliphatic rings. The highest BCUT2D eigenvalue weighted by atomic mass is 16.6. The summed E-state index contributed by atoms with van der Waals surface area (Å²) in [7, 11) is 11.7. The lowest BCUT2D eigenvalue weighted by Gasteiger charge is -2.09. The maximum Gasteiger partial charge on any atom is 0.406 e. The third-order valence-electron chi connectivity index (χ3n) is 4.41.